The Balaban J connectivity index is 2.29. The molecule has 1 aliphatic rings. The first kappa shape index (κ1) is 12.4. The maximum Gasteiger partial charge on any atom is 0.161 e. The summed E-state index contributed by atoms with van der Waals surface area (Å²) in [4.78, 5) is 11.5. The van der Waals surface area contributed by atoms with Gasteiger partial charge in [-0.3, -0.25) is 4.79 Å². The summed E-state index contributed by atoms with van der Waals surface area (Å²) in [5, 5.41) is 9.85. The number of hydrogen-bond donors (Lipinski definition) is 1. The quantitative estimate of drug-likeness (QED) is 0.684. The van der Waals surface area contributed by atoms with Crippen molar-refractivity contribution in [3.63, 3.8) is 0 Å². The molecule has 86 valence electrons. The molecule has 0 bridgehead atoms. The van der Waals surface area contributed by atoms with Crippen molar-refractivity contribution < 1.29 is 9.90 Å². The minimum absolute atomic E-state index is 0.157. The highest BCUT2D eigenvalue weighted by molar-refractivity contribution is 5.96. The van der Waals surface area contributed by atoms with Gasteiger partial charge in [0.25, 0.3) is 0 Å². The van der Waals surface area contributed by atoms with Crippen LogP contribution in [0.2, 0.25) is 0 Å². The van der Waals surface area contributed by atoms with Crippen LogP contribution in [0.25, 0.3) is 0 Å². The van der Waals surface area contributed by atoms with Crippen molar-refractivity contribution in [2.24, 2.45) is 0 Å². The van der Waals surface area contributed by atoms with Gasteiger partial charge in [-0.2, -0.15) is 0 Å². The lowest BCUT2D eigenvalue weighted by molar-refractivity contribution is -0.117. The van der Waals surface area contributed by atoms with Crippen molar-refractivity contribution in [3.05, 3.63) is 11.6 Å². The van der Waals surface area contributed by atoms with Crippen LogP contribution in [0.1, 0.15) is 58.3 Å². The molecule has 0 aromatic heterocycles. The first-order chi connectivity index (χ1) is 7.25. The Bertz CT molecular complexity index is 231. The fourth-order valence-corrected chi connectivity index (χ4v) is 2.02. The van der Waals surface area contributed by atoms with Gasteiger partial charge in [0.1, 0.15) is 0 Å². The van der Waals surface area contributed by atoms with Crippen LogP contribution in [0.4, 0.5) is 0 Å². The Kier molecular flexibility index (Phi) is 5.62. The molecule has 1 aliphatic carbocycles. The van der Waals surface area contributed by atoms with Gasteiger partial charge in [-0.15, -0.1) is 0 Å². The highest BCUT2D eigenvalue weighted by Gasteiger charge is 2.20. The van der Waals surface area contributed by atoms with Crippen molar-refractivity contribution in [1.82, 2.24) is 0 Å². The molecular formula is C13H22O2. The van der Waals surface area contributed by atoms with E-state index in [1.54, 1.807) is 0 Å². The maximum atomic E-state index is 11.5. The standard InChI is InChI=1S/C13H22O2/c1-2-3-4-5-9-12(14)11-8-6-7-10-13(11)15/h8,12,14H,2-7,9-10H2,1H3/t12-/m1/s1. The molecule has 0 heterocycles. The minimum Gasteiger partial charge on any atom is -0.388 e. The molecular weight excluding hydrogens is 188 g/mol. The van der Waals surface area contributed by atoms with Crippen LogP contribution >= 0.6 is 0 Å². The average molecular weight is 210 g/mol. The van der Waals surface area contributed by atoms with Gasteiger partial charge in [0.05, 0.1) is 6.10 Å². The van der Waals surface area contributed by atoms with E-state index in [1.807, 2.05) is 6.08 Å². The molecule has 0 fully saturated rings. The highest BCUT2D eigenvalue weighted by atomic mass is 16.3. The van der Waals surface area contributed by atoms with Crippen LogP contribution in [0.3, 0.4) is 0 Å². The molecule has 0 amide bonds. The normalized spacial score (nSPS) is 18.8. The number of aliphatic hydroxyl groups excluding tert-OH is 1. The van der Waals surface area contributed by atoms with Crippen LogP contribution in [-0.4, -0.2) is 17.0 Å². The zero-order chi connectivity index (χ0) is 11.1. The van der Waals surface area contributed by atoms with Gasteiger partial charge >= 0.3 is 0 Å². The lowest BCUT2D eigenvalue weighted by atomic mass is 9.91. The number of rotatable bonds is 6. The summed E-state index contributed by atoms with van der Waals surface area (Å²) < 4.78 is 0. The number of carbonyl (C=O) groups excluding carboxylic acids is 1. The number of unbranched alkanes of at least 4 members (excludes halogenated alkanes) is 3. The molecule has 1 rings (SSSR count). The zero-order valence-electron chi connectivity index (χ0n) is 9.67. The molecule has 0 aromatic carbocycles. The third kappa shape index (κ3) is 4.17. The van der Waals surface area contributed by atoms with Gasteiger partial charge < -0.3 is 5.11 Å². The SMILES string of the molecule is CCCCCC[C@@H](O)C1=CCCCC1=O. The van der Waals surface area contributed by atoms with Gasteiger partial charge in [0.15, 0.2) is 5.78 Å². The molecule has 2 heteroatoms. The number of ketones is 1. The zero-order valence-corrected chi connectivity index (χ0v) is 9.67. The second-order valence-corrected chi connectivity index (χ2v) is 4.34. The Hall–Kier alpha value is -0.630. The van der Waals surface area contributed by atoms with Gasteiger partial charge in [0, 0.05) is 12.0 Å². The number of carbonyl (C=O) groups is 1. The van der Waals surface area contributed by atoms with E-state index in [0.29, 0.717) is 12.0 Å². The maximum absolute atomic E-state index is 11.5. The van der Waals surface area contributed by atoms with Gasteiger partial charge in [-0.05, 0) is 19.3 Å². The molecule has 0 spiro atoms. The molecule has 0 saturated carbocycles. The minimum atomic E-state index is -0.505. The van der Waals surface area contributed by atoms with Crippen LogP contribution in [0.5, 0.6) is 0 Å². The predicted octanol–water partition coefficient (Wildman–Crippen LogP) is 3.00. The van der Waals surface area contributed by atoms with Crippen LogP contribution in [0.15, 0.2) is 11.6 Å². The summed E-state index contributed by atoms with van der Waals surface area (Å²) in [6.45, 7) is 2.17. The third-order valence-corrected chi connectivity index (χ3v) is 2.98. The monoisotopic (exact) mass is 210 g/mol. The Labute approximate surface area is 92.4 Å². The summed E-state index contributed by atoms with van der Waals surface area (Å²) in [5.74, 6) is 0.157. The van der Waals surface area contributed by atoms with Crippen molar-refractivity contribution in [1.29, 1.82) is 0 Å². The molecule has 0 aliphatic heterocycles. The number of aliphatic hydroxyl groups is 1. The van der Waals surface area contributed by atoms with Gasteiger partial charge in [0.2, 0.25) is 0 Å². The smallest absolute Gasteiger partial charge is 0.161 e. The lowest BCUT2D eigenvalue weighted by Crippen LogP contribution is -2.20. The summed E-state index contributed by atoms with van der Waals surface area (Å²) in [5.41, 5.74) is 0.678. The van der Waals surface area contributed by atoms with E-state index in [2.05, 4.69) is 6.92 Å². The van der Waals surface area contributed by atoms with E-state index in [4.69, 9.17) is 0 Å². The van der Waals surface area contributed by atoms with E-state index in [1.165, 1.54) is 12.8 Å². The number of allylic oxidation sites excluding steroid dienone is 1. The molecule has 0 saturated heterocycles. The van der Waals surface area contributed by atoms with Crippen LogP contribution < -0.4 is 0 Å². The predicted molar refractivity (Wildman–Crippen MR) is 61.7 cm³/mol. The van der Waals surface area contributed by atoms with Gasteiger partial charge in [-0.25, -0.2) is 0 Å². The largest absolute Gasteiger partial charge is 0.388 e. The van der Waals surface area contributed by atoms with Gasteiger partial charge in [-0.1, -0.05) is 38.7 Å². The topological polar surface area (TPSA) is 37.3 Å². The number of hydrogen-bond acceptors (Lipinski definition) is 2. The summed E-state index contributed by atoms with van der Waals surface area (Å²) in [6, 6.07) is 0. The third-order valence-electron chi connectivity index (χ3n) is 2.98. The van der Waals surface area contributed by atoms with Crippen molar-refractivity contribution >= 4 is 5.78 Å². The molecule has 0 unspecified atom stereocenters. The summed E-state index contributed by atoms with van der Waals surface area (Å²) in [6.07, 6.45) is 9.31. The second-order valence-electron chi connectivity index (χ2n) is 4.34. The van der Waals surface area contributed by atoms with E-state index >= 15 is 0 Å². The Morgan fingerprint density at radius 2 is 2.20 bits per heavy atom. The van der Waals surface area contributed by atoms with Crippen molar-refractivity contribution in [2.45, 2.75) is 64.4 Å². The molecule has 2 nitrogen and oxygen atoms in total. The molecule has 15 heavy (non-hydrogen) atoms. The second kappa shape index (κ2) is 6.78. The van der Waals surface area contributed by atoms with Crippen LogP contribution in [-0.2, 0) is 4.79 Å². The lowest BCUT2D eigenvalue weighted by Gasteiger charge is -2.17. The summed E-state index contributed by atoms with van der Waals surface area (Å²) >= 11 is 0. The Morgan fingerprint density at radius 1 is 1.40 bits per heavy atom. The molecule has 0 aromatic rings. The first-order valence-corrected chi connectivity index (χ1v) is 6.17. The Morgan fingerprint density at radius 3 is 2.87 bits per heavy atom. The van der Waals surface area contributed by atoms with E-state index < -0.39 is 6.10 Å². The van der Waals surface area contributed by atoms with E-state index in [-0.39, 0.29) is 5.78 Å². The fraction of sp³-hybridized carbons (Fsp3) is 0.769. The van der Waals surface area contributed by atoms with E-state index in [0.717, 1.165) is 32.1 Å². The van der Waals surface area contributed by atoms with E-state index in [9.17, 15) is 9.90 Å². The number of Topliss-reactive ketones (excluding diaryl/α,β-unsaturated/α-hetero) is 1. The molecule has 1 N–H and O–H groups in total. The molecule has 1 atom stereocenters. The molecule has 0 radical (unpaired) electrons. The fourth-order valence-electron chi connectivity index (χ4n) is 2.02. The first-order valence-electron chi connectivity index (χ1n) is 6.17. The average Bonchev–Trinajstić information content (AvgIpc) is 2.25. The highest BCUT2D eigenvalue weighted by Crippen LogP contribution is 2.20. The van der Waals surface area contributed by atoms with Crippen LogP contribution in [0, 0.1) is 0 Å². The summed E-state index contributed by atoms with van der Waals surface area (Å²) in [7, 11) is 0. The van der Waals surface area contributed by atoms with Crippen molar-refractivity contribution in [3.8, 4) is 0 Å². The van der Waals surface area contributed by atoms with Crippen molar-refractivity contribution in [2.75, 3.05) is 0 Å².